The summed E-state index contributed by atoms with van der Waals surface area (Å²) in [6, 6.07) is 25.5. The van der Waals surface area contributed by atoms with Gasteiger partial charge in [0, 0.05) is 37.8 Å². The molecule has 1 aliphatic heterocycles. The molecule has 1 aliphatic rings. The van der Waals surface area contributed by atoms with Crippen LogP contribution in [-0.4, -0.2) is 52.2 Å². The van der Waals surface area contributed by atoms with Crippen LogP contribution in [0.1, 0.15) is 35.4 Å². The van der Waals surface area contributed by atoms with E-state index in [1.807, 2.05) is 24.8 Å². The Morgan fingerprint density at radius 1 is 1.03 bits per heavy atom. The standard InChI is InChI=1S/C32H38N4O2/c1-24-18-25(2)36(33-24)22-32(37)35-17-7-8-27(20-35)23-38-30-15-13-26(14-16-30)19-34(3)21-29-11-6-10-28-9-4-5-12-31(28)29/h4-6,9-16,18,27H,7-8,17,19-23H2,1-3H3/t27-/m1/s1. The fraction of sp³-hybridized carbons (Fsp3) is 0.375. The van der Waals surface area contributed by atoms with Crippen LogP contribution in [0.2, 0.25) is 0 Å². The van der Waals surface area contributed by atoms with Crippen LogP contribution in [0, 0.1) is 19.8 Å². The third kappa shape index (κ3) is 6.43. The maximum atomic E-state index is 12.9. The van der Waals surface area contributed by atoms with Gasteiger partial charge in [-0.1, -0.05) is 54.6 Å². The average Bonchev–Trinajstić information content (AvgIpc) is 3.24. The molecule has 1 saturated heterocycles. The average molecular weight is 511 g/mol. The SMILES string of the molecule is Cc1cc(C)n(CC(=O)N2CCC[C@@H](COc3ccc(CN(C)Cc4cccc5ccccc45)cc3)C2)n1. The molecule has 1 aromatic heterocycles. The first-order valence-electron chi connectivity index (χ1n) is 13.6. The number of likely N-dealkylation sites (tertiary alicyclic amines) is 1. The molecule has 4 aromatic rings. The molecule has 38 heavy (non-hydrogen) atoms. The monoisotopic (exact) mass is 510 g/mol. The molecule has 3 aromatic carbocycles. The molecule has 1 amide bonds. The molecule has 0 aliphatic carbocycles. The highest BCUT2D eigenvalue weighted by molar-refractivity contribution is 5.85. The van der Waals surface area contributed by atoms with Crippen molar-refractivity contribution in [2.75, 3.05) is 26.7 Å². The Hall–Kier alpha value is -3.64. The molecular formula is C32H38N4O2. The van der Waals surface area contributed by atoms with E-state index in [-0.39, 0.29) is 5.91 Å². The number of piperidine rings is 1. The van der Waals surface area contributed by atoms with Gasteiger partial charge in [0.05, 0.1) is 12.3 Å². The zero-order chi connectivity index (χ0) is 26.5. The molecule has 6 nitrogen and oxygen atoms in total. The summed E-state index contributed by atoms with van der Waals surface area (Å²) in [7, 11) is 2.16. The molecule has 0 spiro atoms. The number of nitrogens with zero attached hydrogens (tertiary/aromatic N) is 4. The van der Waals surface area contributed by atoms with Crippen molar-refractivity contribution < 1.29 is 9.53 Å². The van der Waals surface area contributed by atoms with Crippen molar-refractivity contribution in [2.24, 2.45) is 5.92 Å². The second-order valence-corrected chi connectivity index (χ2v) is 10.7. The Labute approximate surface area is 225 Å². The first kappa shape index (κ1) is 26.0. The molecule has 0 saturated carbocycles. The zero-order valence-electron chi connectivity index (χ0n) is 22.8. The normalized spacial score (nSPS) is 15.8. The summed E-state index contributed by atoms with van der Waals surface area (Å²) in [4.78, 5) is 17.2. The van der Waals surface area contributed by atoms with Gasteiger partial charge in [-0.2, -0.15) is 5.10 Å². The topological polar surface area (TPSA) is 50.6 Å². The molecule has 198 valence electrons. The number of aromatic nitrogens is 2. The van der Waals surface area contributed by atoms with E-state index >= 15 is 0 Å². The van der Waals surface area contributed by atoms with Crippen LogP contribution in [0.4, 0.5) is 0 Å². The Bertz CT molecular complexity index is 1370. The summed E-state index contributed by atoms with van der Waals surface area (Å²) >= 11 is 0. The van der Waals surface area contributed by atoms with Crippen LogP contribution in [0.3, 0.4) is 0 Å². The van der Waals surface area contributed by atoms with Gasteiger partial charge in [0.15, 0.2) is 0 Å². The predicted molar refractivity (Wildman–Crippen MR) is 152 cm³/mol. The summed E-state index contributed by atoms with van der Waals surface area (Å²) in [5.74, 6) is 1.37. The molecule has 0 N–H and O–H groups in total. The summed E-state index contributed by atoms with van der Waals surface area (Å²) < 4.78 is 7.95. The second kappa shape index (κ2) is 11.8. The lowest BCUT2D eigenvalue weighted by molar-refractivity contribution is -0.134. The number of carbonyl (C=O) groups excluding carboxylic acids is 1. The van der Waals surface area contributed by atoms with Gasteiger partial charge in [0.1, 0.15) is 12.3 Å². The lowest BCUT2D eigenvalue weighted by Crippen LogP contribution is -2.43. The van der Waals surface area contributed by atoms with E-state index in [1.54, 1.807) is 4.68 Å². The predicted octanol–water partition coefficient (Wildman–Crippen LogP) is 5.60. The van der Waals surface area contributed by atoms with Crippen LogP contribution in [0.25, 0.3) is 10.8 Å². The Kier molecular flexibility index (Phi) is 8.08. The summed E-state index contributed by atoms with van der Waals surface area (Å²) in [5, 5.41) is 7.04. The van der Waals surface area contributed by atoms with Crippen LogP contribution < -0.4 is 4.74 Å². The van der Waals surface area contributed by atoms with E-state index in [1.165, 1.54) is 21.9 Å². The second-order valence-electron chi connectivity index (χ2n) is 10.7. The van der Waals surface area contributed by atoms with Gasteiger partial charge in [-0.3, -0.25) is 14.4 Å². The minimum absolute atomic E-state index is 0.137. The summed E-state index contributed by atoms with van der Waals surface area (Å²) in [6.45, 7) is 8.22. The largest absolute Gasteiger partial charge is 0.493 e. The van der Waals surface area contributed by atoms with Crippen molar-refractivity contribution in [1.29, 1.82) is 0 Å². The van der Waals surface area contributed by atoms with Gasteiger partial charge >= 0.3 is 0 Å². The first-order chi connectivity index (χ1) is 18.4. The van der Waals surface area contributed by atoms with Gasteiger partial charge in [0.2, 0.25) is 5.91 Å². The van der Waals surface area contributed by atoms with Crippen molar-refractivity contribution in [1.82, 2.24) is 19.6 Å². The molecule has 6 heteroatoms. The van der Waals surface area contributed by atoms with Crippen LogP contribution in [0.5, 0.6) is 5.75 Å². The Morgan fingerprint density at radius 2 is 1.82 bits per heavy atom. The number of carbonyl (C=O) groups is 1. The van der Waals surface area contributed by atoms with Crippen molar-refractivity contribution in [3.63, 3.8) is 0 Å². The molecule has 1 fully saturated rings. The number of fused-ring (bicyclic) bond motifs is 1. The Balaban J connectivity index is 1.10. The number of amides is 1. The highest BCUT2D eigenvalue weighted by Crippen LogP contribution is 2.22. The molecule has 2 heterocycles. The maximum absolute atomic E-state index is 12.9. The lowest BCUT2D eigenvalue weighted by atomic mass is 9.99. The zero-order valence-corrected chi connectivity index (χ0v) is 22.8. The first-order valence-corrected chi connectivity index (χ1v) is 13.6. The van der Waals surface area contributed by atoms with Crippen LogP contribution in [0.15, 0.2) is 72.8 Å². The van der Waals surface area contributed by atoms with E-state index < -0.39 is 0 Å². The molecule has 5 rings (SSSR count). The molecule has 0 unspecified atom stereocenters. The fourth-order valence-corrected chi connectivity index (χ4v) is 5.48. The van der Waals surface area contributed by atoms with Gasteiger partial charge in [-0.25, -0.2) is 0 Å². The number of benzene rings is 3. The lowest BCUT2D eigenvalue weighted by Gasteiger charge is -2.32. The van der Waals surface area contributed by atoms with E-state index in [2.05, 4.69) is 83.8 Å². The number of ether oxygens (including phenoxy) is 1. The van der Waals surface area contributed by atoms with E-state index in [9.17, 15) is 4.79 Å². The Morgan fingerprint density at radius 3 is 2.61 bits per heavy atom. The van der Waals surface area contributed by atoms with Crippen LogP contribution >= 0.6 is 0 Å². The number of hydrogen-bond donors (Lipinski definition) is 0. The minimum Gasteiger partial charge on any atom is -0.493 e. The molecule has 1 atom stereocenters. The van der Waals surface area contributed by atoms with Gasteiger partial charge in [-0.05, 0) is 73.8 Å². The van der Waals surface area contributed by atoms with Gasteiger partial charge in [0.25, 0.3) is 0 Å². The quantitative estimate of drug-likeness (QED) is 0.294. The van der Waals surface area contributed by atoms with Crippen molar-refractivity contribution in [2.45, 2.75) is 46.3 Å². The molecular weight excluding hydrogens is 472 g/mol. The third-order valence-electron chi connectivity index (χ3n) is 7.44. The van der Waals surface area contributed by atoms with E-state index in [0.29, 0.717) is 19.1 Å². The van der Waals surface area contributed by atoms with Crippen molar-refractivity contribution in [3.8, 4) is 5.75 Å². The summed E-state index contributed by atoms with van der Waals surface area (Å²) in [6.07, 6.45) is 2.10. The number of aryl methyl sites for hydroxylation is 2. The van der Waals surface area contributed by atoms with E-state index in [4.69, 9.17) is 4.74 Å². The summed E-state index contributed by atoms with van der Waals surface area (Å²) in [5.41, 5.74) is 4.58. The maximum Gasteiger partial charge on any atom is 0.244 e. The van der Waals surface area contributed by atoms with Crippen LogP contribution in [-0.2, 0) is 24.4 Å². The third-order valence-corrected chi connectivity index (χ3v) is 7.44. The smallest absolute Gasteiger partial charge is 0.244 e. The molecule has 0 bridgehead atoms. The van der Waals surface area contributed by atoms with E-state index in [0.717, 1.165) is 56.2 Å². The number of hydrogen-bond acceptors (Lipinski definition) is 4. The van der Waals surface area contributed by atoms with Gasteiger partial charge < -0.3 is 9.64 Å². The van der Waals surface area contributed by atoms with Gasteiger partial charge in [-0.15, -0.1) is 0 Å². The highest BCUT2D eigenvalue weighted by Gasteiger charge is 2.24. The highest BCUT2D eigenvalue weighted by atomic mass is 16.5. The molecule has 0 radical (unpaired) electrons. The minimum atomic E-state index is 0.137. The van der Waals surface area contributed by atoms with Crippen molar-refractivity contribution >= 4 is 16.7 Å². The fourth-order valence-electron chi connectivity index (χ4n) is 5.48. The van der Waals surface area contributed by atoms with Crippen molar-refractivity contribution in [3.05, 3.63) is 95.3 Å². The number of rotatable bonds is 9.